The molecule has 4 heteroatoms. The molecule has 1 aromatic rings. The number of phenolic OH excluding ortho intramolecular Hbond substituents is 1. The highest BCUT2D eigenvalue weighted by atomic mass is 16.3. The van der Waals surface area contributed by atoms with E-state index in [-0.39, 0.29) is 11.8 Å². The highest BCUT2D eigenvalue weighted by molar-refractivity contribution is 5.89. The Kier molecular flexibility index (Phi) is 15.1. The van der Waals surface area contributed by atoms with Crippen LogP contribution >= 0.6 is 0 Å². The van der Waals surface area contributed by atoms with Gasteiger partial charge in [0.1, 0.15) is 5.75 Å². The number of hydrogen-bond acceptors (Lipinski definition) is 2. The number of carbonyl (C=O) groups is 1. The van der Waals surface area contributed by atoms with Gasteiger partial charge in [0, 0.05) is 12.2 Å². The Bertz CT molecular complexity index is 488. The Morgan fingerprint density at radius 1 is 0.714 bits per heavy atom. The molecule has 1 aromatic carbocycles. The van der Waals surface area contributed by atoms with Gasteiger partial charge in [-0.05, 0) is 30.7 Å². The summed E-state index contributed by atoms with van der Waals surface area (Å²) in [7, 11) is 0. The fourth-order valence-electron chi connectivity index (χ4n) is 3.42. The van der Waals surface area contributed by atoms with Crippen molar-refractivity contribution in [3.63, 3.8) is 0 Å². The summed E-state index contributed by atoms with van der Waals surface area (Å²) in [5.41, 5.74) is 0.687. The van der Waals surface area contributed by atoms with Gasteiger partial charge in [-0.1, -0.05) is 96.8 Å². The molecule has 0 aliphatic carbocycles. The smallest absolute Gasteiger partial charge is 0.319 e. The van der Waals surface area contributed by atoms with Crippen molar-refractivity contribution in [1.82, 2.24) is 5.32 Å². The zero-order chi connectivity index (χ0) is 20.3. The van der Waals surface area contributed by atoms with Crippen LogP contribution in [0.4, 0.5) is 10.5 Å². The first-order chi connectivity index (χ1) is 13.7. The first kappa shape index (κ1) is 24.3. The van der Waals surface area contributed by atoms with E-state index in [1.165, 1.54) is 89.9 Å². The van der Waals surface area contributed by atoms with Crippen LogP contribution in [0.25, 0.3) is 0 Å². The Morgan fingerprint density at radius 2 is 1.14 bits per heavy atom. The number of benzene rings is 1. The SMILES string of the molecule is CCCCCCCCCCCCCCCCCNC(=O)Nc1ccc(O)cc1. The van der Waals surface area contributed by atoms with Crippen molar-refractivity contribution < 1.29 is 9.90 Å². The maximum atomic E-state index is 11.8. The number of anilines is 1. The molecule has 0 unspecified atom stereocenters. The van der Waals surface area contributed by atoms with E-state index in [9.17, 15) is 9.90 Å². The van der Waals surface area contributed by atoms with E-state index in [0.717, 1.165) is 6.42 Å². The lowest BCUT2D eigenvalue weighted by molar-refractivity contribution is 0.252. The maximum absolute atomic E-state index is 11.8. The van der Waals surface area contributed by atoms with Gasteiger partial charge < -0.3 is 15.7 Å². The molecule has 4 nitrogen and oxygen atoms in total. The van der Waals surface area contributed by atoms with Gasteiger partial charge in [-0.15, -0.1) is 0 Å². The molecule has 0 spiro atoms. The van der Waals surface area contributed by atoms with Crippen molar-refractivity contribution in [2.24, 2.45) is 0 Å². The van der Waals surface area contributed by atoms with Crippen LogP contribution in [0.5, 0.6) is 5.75 Å². The fraction of sp³-hybridized carbons (Fsp3) is 0.708. The minimum atomic E-state index is -0.184. The zero-order valence-electron chi connectivity index (χ0n) is 18.0. The zero-order valence-corrected chi connectivity index (χ0v) is 18.0. The molecular formula is C24H42N2O2. The predicted molar refractivity (Wildman–Crippen MR) is 120 cm³/mol. The maximum Gasteiger partial charge on any atom is 0.319 e. The fourth-order valence-corrected chi connectivity index (χ4v) is 3.42. The molecule has 0 fully saturated rings. The number of urea groups is 1. The van der Waals surface area contributed by atoms with Crippen molar-refractivity contribution in [1.29, 1.82) is 0 Å². The van der Waals surface area contributed by atoms with Crippen molar-refractivity contribution in [2.45, 2.75) is 103 Å². The third kappa shape index (κ3) is 14.4. The molecule has 1 rings (SSSR count). The van der Waals surface area contributed by atoms with Gasteiger partial charge in [0.2, 0.25) is 0 Å². The van der Waals surface area contributed by atoms with Crippen LogP contribution in [-0.2, 0) is 0 Å². The molecule has 0 saturated heterocycles. The number of phenols is 1. The van der Waals surface area contributed by atoms with Crippen LogP contribution in [0.3, 0.4) is 0 Å². The van der Waals surface area contributed by atoms with Gasteiger partial charge in [0.15, 0.2) is 0 Å². The summed E-state index contributed by atoms with van der Waals surface area (Å²) in [5.74, 6) is 0.198. The van der Waals surface area contributed by atoms with Crippen molar-refractivity contribution in [2.75, 3.05) is 11.9 Å². The minimum Gasteiger partial charge on any atom is -0.508 e. The lowest BCUT2D eigenvalue weighted by Crippen LogP contribution is -2.29. The quantitative estimate of drug-likeness (QED) is 0.192. The topological polar surface area (TPSA) is 61.4 Å². The molecule has 0 bridgehead atoms. The lowest BCUT2D eigenvalue weighted by atomic mass is 10.0. The van der Waals surface area contributed by atoms with Gasteiger partial charge in [-0.3, -0.25) is 0 Å². The number of carbonyl (C=O) groups excluding carboxylic acids is 1. The number of aromatic hydroxyl groups is 1. The summed E-state index contributed by atoms with van der Waals surface area (Å²) in [6.07, 6.45) is 20.2. The molecule has 2 amide bonds. The Labute approximate surface area is 172 Å². The third-order valence-electron chi connectivity index (χ3n) is 5.19. The van der Waals surface area contributed by atoms with Gasteiger partial charge in [0.05, 0.1) is 0 Å². The monoisotopic (exact) mass is 390 g/mol. The molecule has 3 N–H and O–H groups in total. The second kappa shape index (κ2) is 17.4. The van der Waals surface area contributed by atoms with Crippen molar-refractivity contribution in [3.8, 4) is 5.75 Å². The summed E-state index contributed by atoms with van der Waals surface area (Å²) < 4.78 is 0. The highest BCUT2D eigenvalue weighted by Gasteiger charge is 2.01. The third-order valence-corrected chi connectivity index (χ3v) is 5.19. The van der Waals surface area contributed by atoms with Crippen molar-refractivity contribution >= 4 is 11.7 Å². The Morgan fingerprint density at radius 3 is 1.61 bits per heavy atom. The van der Waals surface area contributed by atoms with Crippen LogP contribution < -0.4 is 10.6 Å². The predicted octanol–water partition coefficient (Wildman–Crippen LogP) is 7.39. The highest BCUT2D eigenvalue weighted by Crippen LogP contribution is 2.14. The minimum absolute atomic E-state index is 0.184. The molecule has 0 aliphatic rings. The summed E-state index contributed by atoms with van der Waals surface area (Å²) in [6, 6.07) is 6.30. The normalized spacial score (nSPS) is 10.8. The lowest BCUT2D eigenvalue weighted by Gasteiger charge is -2.07. The number of hydrogen-bond donors (Lipinski definition) is 3. The van der Waals surface area contributed by atoms with E-state index in [1.807, 2.05) is 0 Å². The van der Waals surface area contributed by atoms with Crippen molar-refractivity contribution in [3.05, 3.63) is 24.3 Å². The molecule has 0 heterocycles. The standard InChI is InChI=1S/C24H42N2O2/c1-2-3-4-5-6-7-8-9-10-11-12-13-14-15-16-21-25-24(28)26-22-17-19-23(27)20-18-22/h17-20,27H,2-16,21H2,1H3,(H2,25,26,28). The molecular weight excluding hydrogens is 348 g/mol. The molecule has 0 atom stereocenters. The molecule has 0 aliphatic heterocycles. The van der Waals surface area contributed by atoms with Crippen LogP contribution in [0.2, 0.25) is 0 Å². The molecule has 0 aromatic heterocycles. The van der Waals surface area contributed by atoms with Gasteiger partial charge in [0.25, 0.3) is 0 Å². The number of nitrogens with one attached hydrogen (secondary N) is 2. The van der Waals surface area contributed by atoms with E-state index in [1.54, 1.807) is 24.3 Å². The van der Waals surface area contributed by atoms with E-state index in [2.05, 4.69) is 17.6 Å². The Balaban J connectivity index is 1.79. The van der Waals surface area contributed by atoms with E-state index < -0.39 is 0 Å². The van der Waals surface area contributed by atoms with E-state index in [4.69, 9.17) is 0 Å². The van der Waals surface area contributed by atoms with Crippen LogP contribution in [-0.4, -0.2) is 17.7 Å². The van der Waals surface area contributed by atoms with Gasteiger partial charge in [-0.25, -0.2) is 4.79 Å². The first-order valence-corrected chi connectivity index (χ1v) is 11.6. The molecule has 28 heavy (non-hydrogen) atoms. The number of unbranched alkanes of at least 4 members (excludes halogenated alkanes) is 14. The van der Waals surface area contributed by atoms with Gasteiger partial charge in [-0.2, -0.15) is 0 Å². The summed E-state index contributed by atoms with van der Waals surface area (Å²) in [4.78, 5) is 11.8. The van der Waals surface area contributed by atoms with Crippen LogP contribution in [0, 0.1) is 0 Å². The Hall–Kier alpha value is -1.71. The van der Waals surface area contributed by atoms with Crippen LogP contribution in [0.1, 0.15) is 103 Å². The van der Waals surface area contributed by atoms with E-state index in [0.29, 0.717) is 12.2 Å². The van der Waals surface area contributed by atoms with E-state index >= 15 is 0 Å². The molecule has 0 saturated carbocycles. The number of rotatable bonds is 17. The first-order valence-electron chi connectivity index (χ1n) is 11.6. The summed E-state index contributed by atoms with van der Waals surface area (Å²) in [5, 5.41) is 14.9. The average Bonchev–Trinajstić information content (AvgIpc) is 2.69. The van der Waals surface area contributed by atoms with Gasteiger partial charge >= 0.3 is 6.03 Å². The average molecular weight is 391 g/mol. The number of amides is 2. The molecule has 0 radical (unpaired) electrons. The largest absolute Gasteiger partial charge is 0.508 e. The molecule has 160 valence electrons. The summed E-state index contributed by atoms with van der Waals surface area (Å²) >= 11 is 0. The second-order valence-electron chi connectivity index (χ2n) is 7.88. The van der Waals surface area contributed by atoms with Crippen LogP contribution in [0.15, 0.2) is 24.3 Å². The second-order valence-corrected chi connectivity index (χ2v) is 7.88. The summed E-state index contributed by atoms with van der Waals surface area (Å²) in [6.45, 7) is 2.98.